The molecule has 1 unspecified atom stereocenters. The van der Waals surface area contributed by atoms with Gasteiger partial charge in [0.25, 0.3) is 0 Å². The van der Waals surface area contributed by atoms with Gasteiger partial charge in [0, 0.05) is 19.6 Å². The number of hydrogen-bond donors (Lipinski definition) is 0. The molecule has 0 radical (unpaired) electrons. The van der Waals surface area contributed by atoms with Gasteiger partial charge in [0.2, 0.25) is 0 Å². The molecule has 0 N–H and O–H groups in total. The van der Waals surface area contributed by atoms with E-state index >= 15 is 0 Å². The first-order chi connectivity index (χ1) is 7.11. The van der Waals surface area contributed by atoms with Crippen molar-refractivity contribution in [3.05, 3.63) is 12.2 Å². The lowest BCUT2D eigenvalue weighted by molar-refractivity contribution is -0.145. The monoisotopic (exact) mass is 213 g/mol. The number of rotatable bonds is 4. The van der Waals surface area contributed by atoms with Crippen LogP contribution in [0, 0.1) is 0 Å². The Bertz CT molecular complexity index is 240. The van der Waals surface area contributed by atoms with Crippen LogP contribution in [0.4, 0.5) is 0 Å². The molecule has 0 spiro atoms. The molecule has 4 nitrogen and oxygen atoms in total. The second-order valence-electron chi connectivity index (χ2n) is 3.97. The van der Waals surface area contributed by atoms with E-state index in [1.807, 2.05) is 6.92 Å². The number of hydrogen-bond acceptors (Lipinski definition) is 4. The Morgan fingerprint density at radius 1 is 1.67 bits per heavy atom. The fourth-order valence-electron chi connectivity index (χ4n) is 1.70. The second kappa shape index (κ2) is 5.88. The standard InChI is InChI=1S/C11H19NO3/c1-9(2)7-12-4-5-15-10(8-12)6-11(13)14-3/h10H,1,4-8H2,2-3H3. The molecule has 1 fully saturated rings. The minimum atomic E-state index is -0.211. The van der Waals surface area contributed by atoms with E-state index in [9.17, 15) is 4.79 Å². The highest BCUT2D eigenvalue weighted by Crippen LogP contribution is 2.10. The van der Waals surface area contributed by atoms with Gasteiger partial charge in [0.15, 0.2) is 0 Å². The summed E-state index contributed by atoms with van der Waals surface area (Å²) < 4.78 is 10.1. The third-order valence-electron chi connectivity index (χ3n) is 2.34. The minimum absolute atomic E-state index is 0.0365. The molecular formula is C11H19NO3. The molecule has 0 bridgehead atoms. The van der Waals surface area contributed by atoms with Gasteiger partial charge < -0.3 is 9.47 Å². The van der Waals surface area contributed by atoms with E-state index in [0.29, 0.717) is 13.0 Å². The van der Waals surface area contributed by atoms with Gasteiger partial charge in [-0.05, 0) is 6.92 Å². The van der Waals surface area contributed by atoms with Gasteiger partial charge >= 0.3 is 5.97 Å². The van der Waals surface area contributed by atoms with Crippen molar-refractivity contribution < 1.29 is 14.3 Å². The van der Waals surface area contributed by atoms with E-state index in [1.165, 1.54) is 7.11 Å². The average molecular weight is 213 g/mol. The number of morpholine rings is 1. The second-order valence-corrected chi connectivity index (χ2v) is 3.97. The SMILES string of the molecule is C=C(C)CN1CCOC(CC(=O)OC)C1. The van der Waals surface area contributed by atoms with Crippen LogP contribution in [0.3, 0.4) is 0 Å². The van der Waals surface area contributed by atoms with Crippen LogP contribution in [0.15, 0.2) is 12.2 Å². The molecule has 1 aliphatic rings. The predicted octanol–water partition coefficient (Wildman–Crippen LogP) is 0.826. The van der Waals surface area contributed by atoms with Gasteiger partial charge in [-0.2, -0.15) is 0 Å². The van der Waals surface area contributed by atoms with E-state index in [2.05, 4.69) is 16.2 Å². The topological polar surface area (TPSA) is 38.8 Å². The molecule has 15 heavy (non-hydrogen) atoms. The van der Waals surface area contributed by atoms with Gasteiger partial charge in [0.1, 0.15) is 0 Å². The van der Waals surface area contributed by atoms with Crippen LogP contribution in [0.1, 0.15) is 13.3 Å². The van der Waals surface area contributed by atoms with Gasteiger partial charge in [-0.1, -0.05) is 12.2 Å². The maximum Gasteiger partial charge on any atom is 0.308 e. The van der Waals surface area contributed by atoms with E-state index in [0.717, 1.165) is 25.2 Å². The Hall–Kier alpha value is -0.870. The highest BCUT2D eigenvalue weighted by atomic mass is 16.5. The average Bonchev–Trinajstić information content (AvgIpc) is 2.17. The Labute approximate surface area is 90.8 Å². The number of esters is 1. The lowest BCUT2D eigenvalue weighted by Gasteiger charge is -2.32. The van der Waals surface area contributed by atoms with Crippen molar-refractivity contribution in [3.63, 3.8) is 0 Å². The molecule has 0 saturated carbocycles. The highest BCUT2D eigenvalue weighted by molar-refractivity contribution is 5.69. The number of nitrogens with zero attached hydrogens (tertiary/aromatic N) is 1. The van der Waals surface area contributed by atoms with Crippen molar-refractivity contribution in [1.82, 2.24) is 4.90 Å². The minimum Gasteiger partial charge on any atom is -0.469 e. The largest absolute Gasteiger partial charge is 0.469 e. The zero-order chi connectivity index (χ0) is 11.3. The zero-order valence-corrected chi connectivity index (χ0v) is 9.49. The summed E-state index contributed by atoms with van der Waals surface area (Å²) in [5.74, 6) is -0.211. The van der Waals surface area contributed by atoms with Crippen LogP contribution in [0.5, 0.6) is 0 Å². The zero-order valence-electron chi connectivity index (χ0n) is 9.49. The van der Waals surface area contributed by atoms with Crippen LogP contribution in [-0.4, -0.2) is 50.3 Å². The highest BCUT2D eigenvalue weighted by Gasteiger charge is 2.22. The molecule has 1 heterocycles. The fourth-order valence-corrected chi connectivity index (χ4v) is 1.70. The summed E-state index contributed by atoms with van der Waals surface area (Å²) in [5, 5.41) is 0. The van der Waals surface area contributed by atoms with Crippen LogP contribution in [-0.2, 0) is 14.3 Å². The molecule has 0 amide bonds. The Morgan fingerprint density at radius 3 is 3.00 bits per heavy atom. The van der Waals surface area contributed by atoms with Gasteiger partial charge in [-0.3, -0.25) is 9.69 Å². The van der Waals surface area contributed by atoms with E-state index in [4.69, 9.17) is 4.74 Å². The summed E-state index contributed by atoms with van der Waals surface area (Å²) in [4.78, 5) is 13.3. The molecule has 4 heteroatoms. The van der Waals surface area contributed by atoms with Crippen molar-refractivity contribution >= 4 is 5.97 Å². The Morgan fingerprint density at radius 2 is 2.40 bits per heavy atom. The summed E-state index contributed by atoms with van der Waals surface area (Å²) in [6, 6.07) is 0. The molecule has 0 aliphatic carbocycles. The maximum atomic E-state index is 11.1. The van der Waals surface area contributed by atoms with Crippen molar-refractivity contribution in [1.29, 1.82) is 0 Å². The maximum absolute atomic E-state index is 11.1. The number of methoxy groups -OCH3 is 1. The lowest BCUT2D eigenvalue weighted by atomic mass is 10.2. The van der Waals surface area contributed by atoms with Crippen LogP contribution < -0.4 is 0 Å². The molecular weight excluding hydrogens is 194 g/mol. The molecule has 1 atom stereocenters. The lowest BCUT2D eigenvalue weighted by Crippen LogP contribution is -2.43. The Balaban J connectivity index is 2.35. The molecule has 0 aromatic heterocycles. The van der Waals surface area contributed by atoms with Crippen LogP contribution >= 0.6 is 0 Å². The third kappa shape index (κ3) is 4.44. The summed E-state index contributed by atoms with van der Waals surface area (Å²) >= 11 is 0. The third-order valence-corrected chi connectivity index (χ3v) is 2.34. The molecule has 1 saturated heterocycles. The summed E-state index contributed by atoms with van der Waals surface area (Å²) in [5.41, 5.74) is 1.13. The normalized spacial score (nSPS) is 22.4. The first-order valence-corrected chi connectivity index (χ1v) is 5.17. The quantitative estimate of drug-likeness (QED) is 0.512. The molecule has 1 rings (SSSR count). The smallest absolute Gasteiger partial charge is 0.308 e. The molecule has 86 valence electrons. The number of carbonyl (C=O) groups is 1. The summed E-state index contributed by atoms with van der Waals surface area (Å²) in [6.45, 7) is 9.12. The van der Waals surface area contributed by atoms with Gasteiger partial charge in [-0.25, -0.2) is 0 Å². The van der Waals surface area contributed by atoms with E-state index < -0.39 is 0 Å². The molecule has 1 aliphatic heterocycles. The van der Waals surface area contributed by atoms with Gasteiger partial charge in [0.05, 0.1) is 26.2 Å². The van der Waals surface area contributed by atoms with Gasteiger partial charge in [-0.15, -0.1) is 0 Å². The van der Waals surface area contributed by atoms with E-state index in [-0.39, 0.29) is 12.1 Å². The first kappa shape index (κ1) is 12.2. The molecule has 0 aromatic carbocycles. The molecule has 0 aromatic rings. The van der Waals surface area contributed by atoms with Crippen LogP contribution in [0.25, 0.3) is 0 Å². The van der Waals surface area contributed by atoms with Crippen molar-refractivity contribution in [2.75, 3.05) is 33.4 Å². The number of ether oxygens (including phenoxy) is 2. The fraction of sp³-hybridized carbons (Fsp3) is 0.727. The predicted molar refractivity (Wildman–Crippen MR) is 57.6 cm³/mol. The summed E-state index contributed by atoms with van der Waals surface area (Å²) in [7, 11) is 1.40. The summed E-state index contributed by atoms with van der Waals surface area (Å²) in [6.07, 6.45) is 0.300. The van der Waals surface area contributed by atoms with E-state index in [1.54, 1.807) is 0 Å². The van der Waals surface area contributed by atoms with Crippen molar-refractivity contribution in [3.8, 4) is 0 Å². The van der Waals surface area contributed by atoms with Crippen LogP contribution in [0.2, 0.25) is 0 Å². The van der Waals surface area contributed by atoms with Crippen molar-refractivity contribution in [2.45, 2.75) is 19.4 Å². The first-order valence-electron chi connectivity index (χ1n) is 5.17. The number of carbonyl (C=O) groups excluding carboxylic acids is 1. The Kier molecular flexibility index (Phi) is 4.78. The van der Waals surface area contributed by atoms with Crippen molar-refractivity contribution in [2.24, 2.45) is 0 Å².